The minimum Gasteiger partial charge on any atom is -0.447 e. The van der Waals surface area contributed by atoms with Crippen LogP contribution in [0.4, 0.5) is 0 Å². The molecule has 0 bridgehead atoms. The largest absolute Gasteiger partial charge is 0.447 e. The van der Waals surface area contributed by atoms with Gasteiger partial charge in [0, 0.05) is 11.6 Å². The zero-order valence-electron chi connectivity index (χ0n) is 12.5. The zero-order chi connectivity index (χ0) is 15.4. The van der Waals surface area contributed by atoms with Gasteiger partial charge in [-0.3, -0.25) is 9.59 Å². The maximum Gasteiger partial charge on any atom is 0.310 e. The van der Waals surface area contributed by atoms with E-state index in [1.54, 1.807) is 0 Å². The van der Waals surface area contributed by atoms with Crippen molar-refractivity contribution in [3.63, 3.8) is 0 Å². The van der Waals surface area contributed by atoms with E-state index in [0.717, 1.165) is 31.2 Å². The SMILES string of the molecule is O=C(O[C@H](C(=O)NC1CC1)c1ccccc1)[C@@H]1CC=CCC1. The Balaban J connectivity index is 1.71. The van der Waals surface area contributed by atoms with Crippen molar-refractivity contribution in [1.29, 1.82) is 0 Å². The third kappa shape index (κ3) is 3.75. The van der Waals surface area contributed by atoms with Gasteiger partial charge in [0.05, 0.1) is 5.92 Å². The van der Waals surface area contributed by atoms with Crippen molar-refractivity contribution in [2.75, 3.05) is 0 Å². The number of amides is 1. The van der Waals surface area contributed by atoms with Crippen molar-refractivity contribution >= 4 is 11.9 Å². The predicted molar refractivity (Wildman–Crippen MR) is 82.9 cm³/mol. The molecule has 4 heteroatoms. The monoisotopic (exact) mass is 299 g/mol. The summed E-state index contributed by atoms with van der Waals surface area (Å²) in [6, 6.07) is 9.48. The van der Waals surface area contributed by atoms with Gasteiger partial charge in [-0.05, 0) is 32.1 Å². The summed E-state index contributed by atoms with van der Waals surface area (Å²) in [7, 11) is 0. The van der Waals surface area contributed by atoms with Crippen LogP contribution in [0.2, 0.25) is 0 Å². The number of benzene rings is 1. The Morgan fingerprint density at radius 2 is 1.86 bits per heavy atom. The van der Waals surface area contributed by atoms with Crippen molar-refractivity contribution in [2.24, 2.45) is 5.92 Å². The van der Waals surface area contributed by atoms with Crippen LogP contribution in [0.1, 0.15) is 43.8 Å². The third-order valence-electron chi connectivity index (χ3n) is 4.10. The second kappa shape index (κ2) is 6.77. The molecule has 1 saturated carbocycles. The number of hydrogen-bond donors (Lipinski definition) is 1. The fourth-order valence-corrected chi connectivity index (χ4v) is 2.63. The van der Waals surface area contributed by atoms with Gasteiger partial charge in [0.15, 0.2) is 0 Å². The third-order valence-corrected chi connectivity index (χ3v) is 4.10. The standard InChI is InChI=1S/C18H21NO3/c20-17(19-15-11-12-15)16(13-7-3-1-4-8-13)22-18(21)14-9-5-2-6-10-14/h1-5,7-8,14-16H,6,9-12H2,(H,19,20)/t14-,16+/m1/s1. The number of carbonyl (C=O) groups is 2. The summed E-state index contributed by atoms with van der Waals surface area (Å²) < 4.78 is 5.58. The molecule has 4 nitrogen and oxygen atoms in total. The van der Waals surface area contributed by atoms with E-state index >= 15 is 0 Å². The quantitative estimate of drug-likeness (QED) is 0.672. The molecule has 1 N–H and O–H groups in total. The highest BCUT2D eigenvalue weighted by Crippen LogP contribution is 2.26. The van der Waals surface area contributed by atoms with E-state index in [1.807, 2.05) is 36.4 Å². The Kier molecular flexibility index (Phi) is 4.56. The lowest BCUT2D eigenvalue weighted by molar-refractivity contribution is -0.160. The Labute approximate surface area is 130 Å². The van der Waals surface area contributed by atoms with Gasteiger partial charge in [0.1, 0.15) is 0 Å². The van der Waals surface area contributed by atoms with Crippen molar-refractivity contribution < 1.29 is 14.3 Å². The number of hydrogen-bond acceptors (Lipinski definition) is 3. The van der Waals surface area contributed by atoms with Crippen LogP contribution in [0.5, 0.6) is 0 Å². The summed E-state index contributed by atoms with van der Waals surface area (Å²) in [4.78, 5) is 24.8. The van der Waals surface area contributed by atoms with Crippen LogP contribution in [0.3, 0.4) is 0 Å². The lowest BCUT2D eigenvalue weighted by atomic mass is 9.94. The maximum absolute atomic E-state index is 12.4. The Morgan fingerprint density at radius 1 is 1.09 bits per heavy atom. The summed E-state index contributed by atoms with van der Waals surface area (Å²) in [5.74, 6) is -0.623. The molecule has 22 heavy (non-hydrogen) atoms. The van der Waals surface area contributed by atoms with Crippen LogP contribution >= 0.6 is 0 Å². The van der Waals surface area contributed by atoms with Gasteiger partial charge in [-0.15, -0.1) is 0 Å². The van der Waals surface area contributed by atoms with Gasteiger partial charge >= 0.3 is 5.97 Å². The molecule has 0 spiro atoms. The van der Waals surface area contributed by atoms with E-state index in [0.29, 0.717) is 6.42 Å². The molecule has 0 aliphatic heterocycles. The molecule has 2 aliphatic rings. The average molecular weight is 299 g/mol. The van der Waals surface area contributed by atoms with Gasteiger partial charge < -0.3 is 10.1 Å². The minimum atomic E-state index is -0.847. The fourth-order valence-electron chi connectivity index (χ4n) is 2.63. The second-order valence-electron chi connectivity index (χ2n) is 5.99. The van der Waals surface area contributed by atoms with Crippen molar-refractivity contribution in [1.82, 2.24) is 5.32 Å². The zero-order valence-corrected chi connectivity index (χ0v) is 12.5. The van der Waals surface area contributed by atoms with Gasteiger partial charge in [-0.2, -0.15) is 0 Å². The molecule has 0 heterocycles. The first-order valence-electron chi connectivity index (χ1n) is 7.95. The van der Waals surface area contributed by atoms with Crippen LogP contribution < -0.4 is 5.32 Å². The Morgan fingerprint density at radius 3 is 2.50 bits per heavy atom. The van der Waals surface area contributed by atoms with Crippen LogP contribution in [-0.2, 0) is 14.3 Å². The number of ether oxygens (including phenoxy) is 1. The summed E-state index contributed by atoms with van der Waals surface area (Å²) in [5.41, 5.74) is 0.723. The summed E-state index contributed by atoms with van der Waals surface area (Å²) in [5, 5.41) is 2.93. The minimum absolute atomic E-state index is 0.134. The van der Waals surface area contributed by atoms with E-state index in [2.05, 4.69) is 11.4 Å². The van der Waals surface area contributed by atoms with E-state index < -0.39 is 6.10 Å². The summed E-state index contributed by atoms with van der Waals surface area (Å²) >= 11 is 0. The lowest BCUT2D eigenvalue weighted by Gasteiger charge is -2.22. The maximum atomic E-state index is 12.4. The van der Waals surface area contributed by atoms with E-state index in [-0.39, 0.29) is 23.8 Å². The topological polar surface area (TPSA) is 55.4 Å². The molecule has 1 fully saturated rings. The van der Waals surface area contributed by atoms with Crippen LogP contribution in [-0.4, -0.2) is 17.9 Å². The molecular formula is C18H21NO3. The summed E-state index contributed by atoms with van der Waals surface area (Å²) in [6.07, 6.45) is 7.65. The highest BCUT2D eigenvalue weighted by molar-refractivity contribution is 5.86. The first-order valence-corrected chi connectivity index (χ1v) is 7.95. The van der Waals surface area contributed by atoms with Gasteiger partial charge in [-0.25, -0.2) is 0 Å². The lowest BCUT2D eigenvalue weighted by Crippen LogP contribution is -2.34. The van der Waals surface area contributed by atoms with E-state index in [4.69, 9.17) is 4.74 Å². The molecule has 1 amide bonds. The number of rotatable bonds is 5. The summed E-state index contributed by atoms with van der Waals surface area (Å²) in [6.45, 7) is 0. The number of carbonyl (C=O) groups excluding carboxylic acids is 2. The second-order valence-corrected chi connectivity index (χ2v) is 5.99. The molecule has 2 aliphatic carbocycles. The van der Waals surface area contributed by atoms with Gasteiger partial charge in [-0.1, -0.05) is 42.5 Å². The average Bonchev–Trinajstić information content (AvgIpc) is 3.38. The number of nitrogens with one attached hydrogen (secondary N) is 1. The van der Waals surface area contributed by atoms with Gasteiger partial charge in [0.2, 0.25) is 6.10 Å². The first kappa shape index (κ1) is 14.8. The Hall–Kier alpha value is -2.10. The molecule has 2 atom stereocenters. The van der Waals surface area contributed by atoms with Crippen LogP contribution in [0.25, 0.3) is 0 Å². The smallest absolute Gasteiger partial charge is 0.310 e. The molecule has 0 radical (unpaired) electrons. The van der Waals surface area contributed by atoms with Crippen LogP contribution in [0, 0.1) is 5.92 Å². The highest BCUT2D eigenvalue weighted by atomic mass is 16.5. The number of esters is 1. The van der Waals surface area contributed by atoms with Crippen molar-refractivity contribution in [2.45, 2.75) is 44.2 Å². The van der Waals surface area contributed by atoms with E-state index in [9.17, 15) is 9.59 Å². The molecule has 0 aromatic heterocycles. The Bertz CT molecular complexity index is 563. The molecule has 0 saturated heterocycles. The normalized spacial score (nSPS) is 21.9. The van der Waals surface area contributed by atoms with Crippen molar-refractivity contribution in [3.8, 4) is 0 Å². The highest BCUT2D eigenvalue weighted by Gasteiger charge is 2.32. The molecule has 3 rings (SSSR count). The number of allylic oxidation sites excluding steroid dienone is 2. The van der Waals surface area contributed by atoms with Gasteiger partial charge in [0.25, 0.3) is 5.91 Å². The molecular weight excluding hydrogens is 278 g/mol. The van der Waals surface area contributed by atoms with E-state index in [1.165, 1.54) is 0 Å². The fraction of sp³-hybridized carbons (Fsp3) is 0.444. The molecule has 0 unspecified atom stereocenters. The van der Waals surface area contributed by atoms with Crippen LogP contribution in [0.15, 0.2) is 42.5 Å². The molecule has 116 valence electrons. The molecule has 1 aromatic rings. The predicted octanol–water partition coefficient (Wildman–Crippen LogP) is 2.91. The molecule has 1 aromatic carbocycles. The van der Waals surface area contributed by atoms with Crippen molar-refractivity contribution in [3.05, 3.63) is 48.0 Å². The first-order chi connectivity index (χ1) is 10.7.